The lowest BCUT2D eigenvalue weighted by atomic mass is 9.80. The predicted molar refractivity (Wildman–Crippen MR) is 107 cm³/mol. The summed E-state index contributed by atoms with van der Waals surface area (Å²) in [5, 5.41) is 24.5. The fourth-order valence-corrected chi connectivity index (χ4v) is 2.98. The second-order valence-electron chi connectivity index (χ2n) is 8.22. The number of aliphatic hydroxyl groups is 1. The van der Waals surface area contributed by atoms with Crippen LogP contribution >= 0.6 is 0 Å². The zero-order chi connectivity index (χ0) is 21.9. The van der Waals surface area contributed by atoms with Gasteiger partial charge in [0.1, 0.15) is 12.1 Å². The molecule has 1 unspecified atom stereocenters. The number of hydrogen-bond acceptors (Lipinski definition) is 5. The zero-order valence-electron chi connectivity index (χ0n) is 17.7. The van der Waals surface area contributed by atoms with E-state index in [4.69, 9.17) is 5.21 Å². The number of unbranched alkanes of at least 4 members (excludes halogenated alkanes) is 1. The number of allylic oxidation sites excluding steroid dienone is 1. The van der Waals surface area contributed by atoms with Crippen LogP contribution in [0.5, 0.6) is 0 Å². The monoisotopic (exact) mass is 399 g/mol. The van der Waals surface area contributed by atoms with Crippen LogP contribution < -0.4 is 16.1 Å². The number of hydrogen-bond donors (Lipinski definition) is 5. The lowest BCUT2D eigenvalue weighted by molar-refractivity contribution is -0.147. The summed E-state index contributed by atoms with van der Waals surface area (Å²) in [7, 11) is 0. The Labute approximate surface area is 168 Å². The normalized spacial score (nSPS) is 14.7. The summed E-state index contributed by atoms with van der Waals surface area (Å²) in [5.74, 6) is -3.08. The predicted octanol–water partition coefficient (Wildman–Crippen LogP) is 1.52. The molecule has 28 heavy (non-hydrogen) atoms. The lowest BCUT2D eigenvalue weighted by Gasteiger charge is -2.35. The number of rotatable bonds is 13. The van der Waals surface area contributed by atoms with E-state index in [0.717, 1.165) is 12.8 Å². The van der Waals surface area contributed by atoms with Crippen molar-refractivity contribution in [2.45, 2.75) is 72.4 Å². The molecule has 8 nitrogen and oxygen atoms in total. The van der Waals surface area contributed by atoms with E-state index in [2.05, 4.69) is 17.2 Å². The first-order valence-electron chi connectivity index (χ1n) is 9.82. The fourth-order valence-electron chi connectivity index (χ4n) is 2.98. The number of carbonyl (C=O) groups is 3. The molecule has 0 radical (unpaired) electrons. The molecule has 3 atom stereocenters. The van der Waals surface area contributed by atoms with Crippen LogP contribution in [0.25, 0.3) is 0 Å². The van der Waals surface area contributed by atoms with Crippen LogP contribution in [-0.2, 0) is 14.4 Å². The molecule has 0 aliphatic carbocycles. The molecule has 0 fully saturated rings. The number of aliphatic hydroxyl groups excluding tert-OH is 1. The summed E-state index contributed by atoms with van der Waals surface area (Å²) < 4.78 is 0. The Kier molecular flexibility index (Phi) is 11.7. The van der Waals surface area contributed by atoms with Crippen LogP contribution in [0.4, 0.5) is 0 Å². The summed E-state index contributed by atoms with van der Waals surface area (Å²) in [6, 6.07) is -0.867. The Morgan fingerprint density at radius 2 is 1.75 bits per heavy atom. The summed E-state index contributed by atoms with van der Waals surface area (Å²) in [6.45, 7) is 13.6. The van der Waals surface area contributed by atoms with Gasteiger partial charge < -0.3 is 15.7 Å². The van der Waals surface area contributed by atoms with Crippen molar-refractivity contribution in [2.75, 3.05) is 6.54 Å². The SMILES string of the molecule is C=CCC(C)(C)C(NC(=O)[C@H](CC(C)C)[C@H](O)C(=O)NO)C(=O)NCCCC. The van der Waals surface area contributed by atoms with E-state index in [1.54, 1.807) is 6.08 Å². The van der Waals surface area contributed by atoms with Gasteiger partial charge in [-0.3, -0.25) is 19.6 Å². The summed E-state index contributed by atoms with van der Waals surface area (Å²) in [6.07, 6.45) is 2.39. The fraction of sp³-hybridized carbons (Fsp3) is 0.750. The van der Waals surface area contributed by atoms with Crippen molar-refractivity contribution >= 4 is 17.7 Å². The molecular weight excluding hydrogens is 362 g/mol. The topological polar surface area (TPSA) is 128 Å². The molecule has 8 heteroatoms. The first-order valence-corrected chi connectivity index (χ1v) is 9.82. The van der Waals surface area contributed by atoms with Crippen LogP contribution in [0, 0.1) is 17.3 Å². The third-order valence-electron chi connectivity index (χ3n) is 4.65. The van der Waals surface area contributed by atoms with Crippen molar-refractivity contribution in [3.05, 3.63) is 12.7 Å². The Hall–Kier alpha value is -1.93. The number of hydroxylamine groups is 1. The molecule has 0 aliphatic rings. The van der Waals surface area contributed by atoms with Crippen molar-refractivity contribution in [3.8, 4) is 0 Å². The molecule has 0 heterocycles. The molecule has 0 spiro atoms. The Morgan fingerprint density at radius 1 is 1.14 bits per heavy atom. The molecule has 0 aromatic carbocycles. The van der Waals surface area contributed by atoms with Crippen molar-refractivity contribution in [1.82, 2.24) is 16.1 Å². The highest BCUT2D eigenvalue weighted by molar-refractivity contribution is 5.92. The average Bonchev–Trinajstić information content (AvgIpc) is 2.62. The lowest BCUT2D eigenvalue weighted by Crippen LogP contribution is -2.57. The second kappa shape index (κ2) is 12.5. The molecule has 0 bridgehead atoms. The van der Waals surface area contributed by atoms with E-state index in [9.17, 15) is 19.5 Å². The van der Waals surface area contributed by atoms with Gasteiger partial charge in [0.05, 0.1) is 5.92 Å². The van der Waals surface area contributed by atoms with Crippen molar-refractivity contribution in [3.63, 3.8) is 0 Å². The number of amides is 3. The Bertz CT molecular complexity index is 534. The van der Waals surface area contributed by atoms with Gasteiger partial charge in [-0.25, -0.2) is 5.48 Å². The maximum absolute atomic E-state index is 12.9. The van der Waals surface area contributed by atoms with Gasteiger partial charge in [0, 0.05) is 6.54 Å². The Morgan fingerprint density at radius 3 is 2.21 bits per heavy atom. The standard InChI is InChI=1S/C20H37N3O5/c1-7-9-11-21-19(27)16(20(5,6)10-8-2)22-17(25)14(12-13(3)4)15(24)18(26)23-28/h8,13-16,24,28H,2,7,9-12H2,1,3-6H3,(H,21,27)(H,22,25)(H,23,26)/t14-,15+,16?/m1/s1. The van der Waals surface area contributed by atoms with Crippen LogP contribution in [0.1, 0.15) is 60.3 Å². The molecule has 162 valence electrons. The quantitative estimate of drug-likeness (QED) is 0.139. The molecular formula is C20H37N3O5. The van der Waals surface area contributed by atoms with Gasteiger partial charge in [0.15, 0.2) is 0 Å². The average molecular weight is 400 g/mol. The molecule has 0 saturated carbocycles. The largest absolute Gasteiger partial charge is 0.382 e. The Balaban J connectivity index is 5.58. The van der Waals surface area contributed by atoms with E-state index >= 15 is 0 Å². The van der Waals surface area contributed by atoms with Gasteiger partial charge in [-0.1, -0.05) is 47.1 Å². The first-order chi connectivity index (χ1) is 13.0. The van der Waals surface area contributed by atoms with Gasteiger partial charge >= 0.3 is 0 Å². The van der Waals surface area contributed by atoms with Crippen molar-refractivity contribution in [2.24, 2.45) is 17.3 Å². The van der Waals surface area contributed by atoms with Crippen LogP contribution in [0.15, 0.2) is 12.7 Å². The molecule has 0 aliphatic heterocycles. The van der Waals surface area contributed by atoms with Crippen LogP contribution in [0.3, 0.4) is 0 Å². The zero-order valence-corrected chi connectivity index (χ0v) is 17.7. The third-order valence-corrected chi connectivity index (χ3v) is 4.65. The number of carbonyl (C=O) groups excluding carboxylic acids is 3. The van der Waals surface area contributed by atoms with Gasteiger partial charge in [0.25, 0.3) is 5.91 Å². The van der Waals surface area contributed by atoms with E-state index in [1.807, 2.05) is 34.6 Å². The number of nitrogens with one attached hydrogen (secondary N) is 3. The summed E-state index contributed by atoms with van der Waals surface area (Å²) in [4.78, 5) is 37.3. The minimum Gasteiger partial charge on any atom is -0.382 e. The smallest absolute Gasteiger partial charge is 0.272 e. The maximum atomic E-state index is 12.9. The summed E-state index contributed by atoms with van der Waals surface area (Å²) in [5.41, 5.74) is 0.748. The van der Waals surface area contributed by atoms with Gasteiger partial charge in [0.2, 0.25) is 11.8 Å². The first kappa shape index (κ1) is 26.1. The maximum Gasteiger partial charge on any atom is 0.272 e. The van der Waals surface area contributed by atoms with Crippen molar-refractivity contribution < 1.29 is 24.7 Å². The highest BCUT2D eigenvalue weighted by Crippen LogP contribution is 2.27. The molecule has 0 aromatic rings. The summed E-state index contributed by atoms with van der Waals surface area (Å²) >= 11 is 0. The van der Waals surface area contributed by atoms with Crippen LogP contribution in [-0.4, -0.2) is 46.7 Å². The third kappa shape index (κ3) is 8.39. The van der Waals surface area contributed by atoms with Crippen molar-refractivity contribution in [1.29, 1.82) is 0 Å². The molecule has 5 N–H and O–H groups in total. The van der Waals surface area contributed by atoms with Gasteiger partial charge in [-0.05, 0) is 30.6 Å². The van der Waals surface area contributed by atoms with Gasteiger partial charge in [-0.2, -0.15) is 0 Å². The second-order valence-corrected chi connectivity index (χ2v) is 8.22. The molecule has 3 amide bonds. The minimum absolute atomic E-state index is 0.00917. The molecule has 0 aromatic heterocycles. The van der Waals surface area contributed by atoms with E-state index < -0.39 is 35.3 Å². The molecule has 0 saturated heterocycles. The highest BCUT2D eigenvalue weighted by atomic mass is 16.5. The van der Waals surface area contributed by atoms with Crippen LogP contribution in [0.2, 0.25) is 0 Å². The van der Waals surface area contributed by atoms with E-state index in [1.165, 1.54) is 5.48 Å². The van der Waals surface area contributed by atoms with Gasteiger partial charge in [-0.15, -0.1) is 6.58 Å². The highest BCUT2D eigenvalue weighted by Gasteiger charge is 2.39. The minimum atomic E-state index is -1.72. The molecule has 0 rings (SSSR count). The van der Waals surface area contributed by atoms with E-state index in [0.29, 0.717) is 13.0 Å². The van der Waals surface area contributed by atoms with E-state index in [-0.39, 0.29) is 18.2 Å².